The van der Waals surface area contributed by atoms with Gasteiger partial charge in [0.05, 0.1) is 5.76 Å². The third kappa shape index (κ3) is 0.417. The van der Waals surface area contributed by atoms with Gasteiger partial charge in [-0.15, -0.1) is 0 Å². The Balaban J connectivity index is 2.29. The van der Waals surface area contributed by atoms with Crippen LogP contribution in [0.2, 0.25) is 0 Å². The summed E-state index contributed by atoms with van der Waals surface area (Å²) in [5, 5.41) is 9.08. The van der Waals surface area contributed by atoms with Crippen molar-refractivity contribution in [3.8, 4) is 0 Å². The molecule has 0 aromatic carbocycles. The van der Waals surface area contributed by atoms with Gasteiger partial charge in [0.1, 0.15) is 0 Å². The molecular weight excluding hydrogens is 100 g/mol. The van der Waals surface area contributed by atoms with Crippen molar-refractivity contribution in [2.45, 2.75) is 19.3 Å². The Labute approximate surface area is 49.0 Å². The highest BCUT2D eigenvalue weighted by Crippen LogP contribution is 2.42. The molecule has 44 valence electrons. The quantitative estimate of drug-likeness (QED) is 0.504. The first kappa shape index (κ1) is 4.42. The van der Waals surface area contributed by atoms with Gasteiger partial charge in [-0.1, -0.05) is 0 Å². The molecule has 0 amide bonds. The van der Waals surface area contributed by atoms with E-state index in [-0.39, 0.29) is 0 Å². The average Bonchev–Trinajstić information content (AvgIpc) is 2.23. The fourth-order valence-corrected chi connectivity index (χ4v) is 1.81. The third-order valence-corrected chi connectivity index (χ3v) is 2.30. The van der Waals surface area contributed by atoms with E-state index in [2.05, 4.69) is 0 Å². The lowest BCUT2D eigenvalue weighted by atomic mass is 10.1. The molecule has 8 heavy (non-hydrogen) atoms. The minimum Gasteiger partial charge on any atom is -0.512 e. The van der Waals surface area contributed by atoms with Crippen molar-refractivity contribution < 1.29 is 5.11 Å². The summed E-state index contributed by atoms with van der Waals surface area (Å²) in [6.45, 7) is 0. The molecule has 0 saturated heterocycles. The van der Waals surface area contributed by atoms with E-state index in [4.69, 9.17) is 5.11 Å². The van der Waals surface area contributed by atoms with Gasteiger partial charge in [0.15, 0.2) is 0 Å². The number of aliphatic hydroxyl groups is 1. The molecule has 0 heterocycles. The van der Waals surface area contributed by atoms with Crippen LogP contribution in [-0.2, 0) is 0 Å². The van der Waals surface area contributed by atoms with Gasteiger partial charge in [-0.25, -0.2) is 0 Å². The maximum absolute atomic E-state index is 9.08. The molecule has 0 aliphatic heterocycles. The summed E-state index contributed by atoms with van der Waals surface area (Å²) in [4.78, 5) is 0. The van der Waals surface area contributed by atoms with E-state index in [9.17, 15) is 0 Å². The molecule has 2 aliphatic carbocycles. The number of hydrogen-bond acceptors (Lipinski definition) is 1. The summed E-state index contributed by atoms with van der Waals surface area (Å²) in [6.07, 6.45) is 5.79. The molecule has 1 N–H and O–H groups in total. The van der Waals surface area contributed by atoms with Crippen LogP contribution in [0.1, 0.15) is 19.3 Å². The minimum absolute atomic E-state index is 0.556. The molecule has 2 atom stereocenters. The normalized spacial score (nSPS) is 42.8. The molecule has 0 spiro atoms. The van der Waals surface area contributed by atoms with E-state index in [1.54, 1.807) is 0 Å². The summed E-state index contributed by atoms with van der Waals surface area (Å²) in [6, 6.07) is 0. The maximum Gasteiger partial charge on any atom is 0.0916 e. The predicted octanol–water partition coefficient (Wildman–Crippen LogP) is 1.86. The summed E-state index contributed by atoms with van der Waals surface area (Å²) in [7, 11) is 0. The van der Waals surface area contributed by atoms with Crippen molar-refractivity contribution in [1.29, 1.82) is 0 Å². The number of fused-ring (bicyclic) bond motifs is 2. The van der Waals surface area contributed by atoms with Crippen molar-refractivity contribution in [2.75, 3.05) is 0 Å². The van der Waals surface area contributed by atoms with Crippen LogP contribution in [0.4, 0.5) is 0 Å². The van der Waals surface area contributed by atoms with Crippen LogP contribution in [0.5, 0.6) is 0 Å². The lowest BCUT2D eigenvalue weighted by molar-refractivity contribution is 0.339. The van der Waals surface area contributed by atoms with Gasteiger partial charge in [-0.2, -0.15) is 0 Å². The predicted molar refractivity (Wildman–Crippen MR) is 31.5 cm³/mol. The maximum atomic E-state index is 9.08. The van der Waals surface area contributed by atoms with Crippen molar-refractivity contribution in [3.05, 3.63) is 11.8 Å². The van der Waals surface area contributed by atoms with E-state index >= 15 is 0 Å². The van der Waals surface area contributed by atoms with Crippen molar-refractivity contribution in [3.63, 3.8) is 0 Å². The molecule has 0 unspecified atom stereocenters. The van der Waals surface area contributed by atoms with E-state index in [1.807, 2.05) is 6.08 Å². The van der Waals surface area contributed by atoms with Crippen LogP contribution < -0.4 is 0 Å². The Morgan fingerprint density at radius 1 is 1.50 bits per heavy atom. The Bertz CT molecular complexity index is 137. The Morgan fingerprint density at radius 2 is 2.38 bits per heavy atom. The SMILES string of the molecule is OC1=C[C@@H]2CC[C@@H]1C2. The zero-order chi connectivity index (χ0) is 5.56. The molecule has 0 aromatic heterocycles. The molecule has 2 aliphatic rings. The highest BCUT2D eigenvalue weighted by molar-refractivity contribution is 5.12. The summed E-state index contributed by atoms with van der Waals surface area (Å²) in [5.41, 5.74) is 0. The number of allylic oxidation sites excluding steroid dienone is 2. The summed E-state index contributed by atoms with van der Waals surface area (Å²) in [5.74, 6) is 1.96. The molecule has 2 bridgehead atoms. The lowest BCUT2D eigenvalue weighted by Gasteiger charge is -2.04. The van der Waals surface area contributed by atoms with Crippen LogP contribution in [0.3, 0.4) is 0 Å². The first-order valence-corrected chi connectivity index (χ1v) is 3.27. The Morgan fingerprint density at radius 3 is 2.62 bits per heavy atom. The number of rotatable bonds is 0. The van der Waals surface area contributed by atoms with Gasteiger partial charge < -0.3 is 5.11 Å². The van der Waals surface area contributed by atoms with Crippen molar-refractivity contribution >= 4 is 0 Å². The van der Waals surface area contributed by atoms with Gasteiger partial charge in [-0.3, -0.25) is 0 Å². The molecular formula is C7H10O. The summed E-state index contributed by atoms with van der Waals surface area (Å²) < 4.78 is 0. The molecule has 1 fully saturated rings. The topological polar surface area (TPSA) is 20.2 Å². The molecule has 0 radical (unpaired) electrons. The van der Waals surface area contributed by atoms with E-state index < -0.39 is 0 Å². The standard InChI is InChI=1S/C7H10O/c8-7-4-5-1-2-6(7)3-5/h4-6,8H,1-3H2/t5-,6-/m1/s1. The first-order valence-electron chi connectivity index (χ1n) is 3.27. The number of aliphatic hydroxyl groups excluding tert-OH is 1. The molecule has 0 aromatic rings. The van der Waals surface area contributed by atoms with Crippen LogP contribution >= 0.6 is 0 Å². The highest BCUT2D eigenvalue weighted by Gasteiger charge is 2.32. The van der Waals surface area contributed by atoms with E-state index in [0.717, 1.165) is 5.92 Å². The third-order valence-electron chi connectivity index (χ3n) is 2.30. The van der Waals surface area contributed by atoms with Gasteiger partial charge in [-0.05, 0) is 31.3 Å². The minimum atomic E-state index is 0.556. The Hall–Kier alpha value is -0.460. The van der Waals surface area contributed by atoms with Crippen LogP contribution in [-0.4, -0.2) is 5.11 Å². The summed E-state index contributed by atoms with van der Waals surface area (Å²) >= 11 is 0. The number of hydrogen-bond donors (Lipinski definition) is 1. The smallest absolute Gasteiger partial charge is 0.0916 e. The fraction of sp³-hybridized carbons (Fsp3) is 0.714. The van der Waals surface area contributed by atoms with Crippen LogP contribution in [0.15, 0.2) is 11.8 Å². The second-order valence-corrected chi connectivity index (χ2v) is 2.86. The van der Waals surface area contributed by atoms with E-state index in [1.165, 1.54) is 19.3 Å². The van der Waals surface area contributed by atoms with Crippen LogP contribution in [0, 0.1) is 11.8 Å². The zero-order valence-corrected chi connectivity index (χ0v) is 4.80. The van der Waals surface area contributed by atoms with Gasteiger partial charge in [0.25, 0.3) is 0 Å². The average molecular weight is 110 g/mol. The second kappa shape index (κ2) is 1.28. The highest BCUT2D eigenvalue weighted by atomic mass is 16.3. The Kier molecular flexibility index (Phi) is 0.706. The zero-order valence-electron chi connectivity index (χ0n) is 4.80. The lowest BCUT2D eigenvalue weighted by Crippen LogP contribution is -1.94. The molecule has 1 saturated carbocycles. The van der Waals surface area contributed by atoms with Crippen molar-refractivity contribution in [2.24, 2.45) is 11.8 Å². The monoisotopic (exact) mass is 110 g/mol. The van der Waals surface area contributed by atoms with Gasteiger partial charge in [0.2, 0.25) is 0 Å². The van der Waals surface area contributed by atoms with Crippen molar-refractivity contribution in [1.82, 2.24) is 0 Å². The molecule has 1 nitrogen and oxygen atoms in total. The van der Waals surface area contributed by atoms with Crippen LogP contribution in [0.25, 0.3) is 0 Å². The fourth-order valence-electron chi connectivity index (χ4n) is 1.81. The molecule has 1 heteroatoms. The van der Waals surface area contributed by atoms with Gasteiger partial charge >= 0.3 is 0 Å². The van der Waals surface area contributed by atoms with Gasteiger partial charge in [0, 0.05) is 5.92 Å². The van der Waals surface area contributed by atoms with E-state index in [0.29, 0.717) is 11.7 Å². The molecule has 2 rings (SSSR count). The second-order valence-electron chi connectivity index (χ2n) is 2.86. The largest absolute Gasteiger partial charge is 0.512 e. The first-order chi connectivity index (χ1) is 3.86.